The number of hydrogen-bond acceptors (Lipinski definition) is 3. The summed E-state index contributed by atoms with van der Waals surface area (Å²) in [6.07, 6.45) is 1.53. The second-order valence-electron chi connectivity index (χ2n) is 4.38. The number of hydrogen-bond donors (Lipinski definition) is 1. The maximum absolute atomic E-state index is 13.6. The van der Waals surface area contributed by atoms with Gasteiger partial charge in [0.15, 0.2) is 0 Å². The van der Waals surface area contributed by atoms with E-state index in [1.165, 1.54) is 17.0 Å². The number of carbonyl (C=O) groups is 1. The second-order valence-corrected chi connectivity index (χ2v) is 4.38. The Morgan fingerprint density at radius 1 is 1.56 bits per heavy atom. The van der Waals surface area contributed by atoms with Crippen LogP contribution in [0.1, 0.15) is 23.2 Å². The topological polar surface area (TPSA) is 64.3 Å². The van der Waals surface area contributed by atoms with Gasteiger partial charge < -0.3 is 10.0 Å². The molecule has 0 bridgehead atoms. The highest BCUT2D eigenvalue weighted by Crippen LogP contribution is 2.21. The van der Waals surface area contributed by atoms with Crippen LogP contribution in [0.3, 0.4) is 0 Å². The fourth-order valence-corrected chi connectivity index (χ4v) is 2.11. The van der Waals surface area contributed by atoms with Gasteiger partial charge in [0.1, 0.15) is 11.6 Å². The van der Waals surface area contributed by atoms with Gasteiger partial charge in [-0.25, -0.2) is 4.39 Å². The van der Waals surface area contributed by atoms with Crippen molar-refractivity contribution in [1.29, 1.82) is 5.26 Å². The lowest BCUT2D eigenvalue weighted by Gasteiger charge is -2.29. The van der Waals surface area contributed by atoms with Crippen LogP contribution >= 0.6 is 0 Å². The Morgan fingerprint density at radius 2 is 2.33 bits per heavy atom. The number of nitriles is 1. The lowest BCUT2D eigenvalue weighted by Crippen LogP contribution is -2.39. The number of halogens is 1. The van der Waals surface area contributed by atoms with Crippen molar-refractivity contribution in [2.75, 3.05) is 13.1 Å². The number of benzene rings is 1. The lowest BCUT2D eigenvalue weighted by atomic mass is 9.99. The number of nitrogens with zero attached hydrogens (tertiary/aromatic N) is 2. The predicted molar refractivity (Wildman–Crippen MR) is 62.3 cm³/mol. The number of rotatable bonds is 1. The van der Waals surface area contributed by atoms with Crippen molar-refractivity contribution < 1.29 is 14.3 Å². The summed E-state index contributed by atoms with van der Waals surface area (Å²) in [7, 11) is 0. The van der Waals surface area contributed by atoms with Gasteiger partial charge in [0.05, 0.1) is 17.6 Å². The van der Waals surface area contributed by atoms with Gasteiger partial charge in [-0.15, -0.1) is 0 Å². The van der Waals surface area contributed by atoms with Crippen LogP contribution < -0.4 is 0 Å². The van der Waals surface area contributed by atoms with E-state index in [0.717, 1.165) is 18.9 Å². The van der Waals surface area contributed by atoms with Crippen LogP contribution in [0.15, 0.2) is 18.2 Å². The van der Waals surface area contributed by atoms with E-state index >= 15 is 0 Å². The molecule has 1 aliphatic heterocycles. The van der Waals surface area contributed by atoms with Crippen molar-refractivity contribution in [3.05, 3.63) is 29.6 Å². The molecule has 94 valence electrons. The highest BCUT2D eigenvalue weighted by atomic mass is 19.1. The molecule has 1 atom stereocenters. The first-order valence-corrected chi connectivity index (χ1v) is 5.79. The van der Waals surface area contributed by atoms with Gasteiger partial charge in [-0.2, -0.15) is 5.26 Å². The van der Waals surface area contributed by atoms with Crippen LogP contribution in [0.5, 0.6) is 5.75 Å². The Kier molecular flexibility index (Phi) is 3.47. The average Bonchev–Trinajstić information content (AvgIpc) is 2.38. The van der Waals surface area contributed by atoms with Crippen LogP contribution in [0.4, 0.5) is 4.39 Å². The molecule has 1 heterocycles. The largest absolute Gasteiger partial charge is 0.508 e. The second kappa shape index (κ2) is 5.05. The summed E-state index contributed by atoms with van der Waals surface area (Å²) in [6, 6.07) is 5.60. The van der Waals surface area contributed by atoms with E-state index in [1.807, 2.05) is 0 Å². The molecule has 0 saturated carbocycles. The molecule has 4 nitrogen and oxygen atoms in total. The molecule has 1 saturated heterocycles. The van der Waals surface area contributed by atoms with E-state index in [4.69, 9.17) is 10.4 Å². The van der Waals surface area contributed by atoms with Gasteiger partial charge in [0.25, 0.3) is 5.91 Å². The molecule has 0 spiro atoms. The number of aromatic hydroxyl groups is 1. The van der Waals surface area contributed by atoms with E-state index in [9.17, 15) is 9.18 Å². The number of piperidine rings is 1. The van der Waals surface area contributed by atoms with E-state index in [2.05, 4.69) is 6.07 Å². The highest BCUT2D eigenvalue weighted by molar-refractivity contribution is 5.94. The van der Waals surface area contributed by atoms with Crippen LogP contribution in [0.25, 0.3) is 0 Å². The third-order valence-corrected chi connectivity index (χ3v) is 3.07. The Bertz CT molecular complexity index is 510. The molecule has 1 fully saturated rings. The zero-order valence-corrected chi connectivity index (χ0v) is 9.77. The van der Waals surface area contributed by atoms with Gasteiger partial charge in [-0.1, -0.05) is 0 Å². The molecule has 1 amide bonds. The molecule has 1 N–H and O–H groups in total. The van der Waals surface area contributed by atoms with Crippen molar-refractivity contribution >= 4 is 5.91 Å². The molecular weight excluding hydrogens is 235 g/mol. The fraction of sp³-hybridized carbons (Fsp3) is 0.385. The number of likely N-dealkylation sites (tertiary alicyclic amines) is 1. The third-order valence-electron chi connectivity index (χ3n) is 3.07. The molecule has 0 aliphatic carbocycles. The van der Waals surface area contributed by atoms with Crippen molar-refractivity contribution in [3.63, 3.8) is 0 Å². The van der Waals surface area contributed by atoms with Crippen molar-refractivity contribution in [2.45, 2.75) is 12.8 Å². The molecule has 0 aromatic heterocycles. The number of phenols is 1. The summed E-state index contributed by atoms with van der Waals surface area (Å²) in [4.78, 5) is 13.6. The average molecular weight is 248 g/mol. The van der Waals surface area contributed by atoms with E-state index in [0.29, 0.717) is 13.1 Å². The van der Waals surface area contributed by atoms with Crippen molar-refractivity contribution in [1.82, 2.24) is 4.90 Å². The summed E-state index contributed by atoms with van der Waals surface area (Å²) in [5.74, 6) is -1.55. The highest BCUT2D eigenvalue weighted by Gasteiger charge is 2.25. The first-order chi connectivity index (χ1) is 8.61. The Morgan fingerprint density at radius 3 is 3.00 bits per heavy atom. The minimum absolute atomic E-state index is 0.0635. The molecule has 0 radical (unpaired) electrons. The molecule has 2 rings (SSSR count). The maximum atomic E-state index is 13.6. The first-order valence-electron chi connectivity index (χ1n) is 5.79. The minimum atomic E-state index is -0.737. The van der Waals surface area contributed by atoms with Crippen LogP contribution in [0.2, 0.25) is 0 Å². The Hall–Kier alpha value is -2.09. The lowest BCUT2D eigenvalue weighted by molar-refractivity contribution is 0.0694. The van der Waals surface area contributed by atoms with Crippen LogP contribution in [-0.2, 0) is 0 Å². The van der Waals surface area contributed by atoms with Gasteiger partial charge in [-0.05, 0) is 25.0 Å². The molecular formula is C13H13FN2O2. The Labute approximate surface area is 104 Å². The van der Waals surface area contributed by atoms with Gasteiger partial charge in [-0.3, -0.25) is 4.79 Å². The van der Waals surface area contributed by atoms with Crippen LogP contribution in [0, 0.1) is 23.1 Å². The summed E-state index contributed by atoms with van der Waals surface area (Å²) >= 11 is 0. The van der Waals surface area contributed by atoms with Crippen molar-refractivity contribution in [2.24, 2.45) is 5.92 Å². The molecule has 1 unspecified atom stereocenters. The molecule has 18 heavy (non-hydrogen) atoms. The predicted octanol–water partition coefficient (Wildman–Crippen LogP) is 1.91. The van der Waals surface area contributed by atoms with Gasteiger partial charge >= 0.3 is 0 Å². The summed E-state index contributed by atoms with van der Waals surface area (Å²) in [5, 5.41) is 18.0. The van der Waals surface area contributed by atoms with E-state index < -0.39 is 11.7 Å². The normalized spacial score (nSPS) is 19.3. The van der Waals surface area contributed by atoms with E-state index in [1.54, 1.807) is 0 Å². The van der Waals surface area contributed by atoms with Crippen LogP contribution in [-0.4, -0.2) is 29.0 Å². The number of carbonyl (C=O) groups excluding carboxylic acids is 1. The quantitative estimate of drug-likeness (QED) is 0.825. The summed E-state index contributed by atoms with van der Waals surface area (Å²) < 4.78 is 13.6. The molecule has 1 aromatic carbocycles. The zero-order chi connectivity index (χ0) is 13.1. The summed E-state index contributed by atoms with van der Waals surface area (Å²) in [6.45, 7) is 0.882. The third kappa shape index (κ3) is 2.43. The maximum Gasteiger partial charge on any atom is 0.256 e. The fourth-order valence-electron chi connectivity index (χ4n) is 2.11. The van der Waals surface area contributed by atoms with Crippen molar-refractivity contribution in [3.8, 4) is 11.8 Å². The van der Waals surface area contributed by atoms with Gasteiger partial charge in [0, 0.05) is 19.2 Å². The SMILES string of the molecule is N#CC1CCCN(C(=O)c2ccc(O)cc2F)C1. The van der Waals surface area contributed by atoms with Gasteiger partial charge in [0.2, 0.25) is 0 Å². The van der Waals surface area contributed by atoms with E-state index in [-0.39, 0.29) is 17.2 Å². The molecule has 5 heteroatoms. The smallest absolute Gasteiger partial charge is 0.256 e. The standard InChI is InChI=1S/C13H13FN2O2/c14-12-6-10(17)3-4-11(12)13(18)16-5-1-2-9(7-15)8-16/h3-4,6,9,17H,1-2,5,8H2. The minimum Gasteiger partial charge on any atom is -0.508 e. The number of amides is 1. The molecule has 1 aliphatic rings. The number of phenolic OH excluding ortho intramolecular Hbond substituents is 1. The monoisotopic (exact) mass is 248 g/mol. The first kappa shape index (κ1) is 12.4. The Balaban J connectivity index is 2.18. The molecule has 1 aromatic rings. The zero-order valence-electron chi connectivity index (χ0n) is 9.77. The summed E-state index contributed by atoms with van der Waals surface area (Å²) in [5.41, 5.74) is -0.0635.